The minimum atomic E-state index is -0.374. The number of aromatic amines is 1. The Morgan fingerprint density at radius 3 is 2.61 bits per heavy atom. The standard InChI is InChI=1S/C22H26FN3O2/c1-14-6-9-19(18(23)10-14)25-16-7-8-17-15(12-24-20(17)11-16)13-26(21(27)28-5)22(2,3)4/h6-12,24-25H,13H2,1-5H3. The number of aryl methyl sites for hydroxylation is 1. The highest BCUT2D eigenvalue weighted by Crippen LogP contribution is 2.28. The Morgan fingerprint density at radius 2 is 1.96 bits per heavy atom. The minimum Gasteiger partial charge on any atom is -0.453 e. The topological polar surface area (TPSA) is 57.4 Å². The van der Waals surface area contributed by atoms with Crippen LogP contribution in [0.4, 0.5) is 20.6 Å². The number of carbonyl (C=O) groups excluding carboxylic acids is 1. The third-order valence-electron chi connectivity index (χ3n) is 4.70. The van der Waals surface area contributed by atoms with Crippen LogP contribution in [0.15, 0.2) is 42.6 Å². The number of methoxy groups -OCH3 is 1. The van der Waals surface area contributed by atoms with Crippen LogP contribution in [0.3, 0.4) is 0 Å². The number of H-pyrrole nitrogens is 1. The molecule has 0 aliphatic carbocycles. The van der Waals surface area contributed by atoms with Crippen LogP contribution in [0.1, 0.15) is 31.9 Å². The van der Waals surface area contributed by atoms with Crippen LogP contribution in [-0.4, -0.2) is 28.6 Å². The van der Waals surface area contributed by atoms with E-state index in [1.165, 1.54) is 13.2 Å². The van der Waals surface area contributed by atoms with Crippen molar-refractivity contribution in [3.8, 4) is 0 Å². The van der Waals surface area contributed by atoms with Crippen molar-refractivity contribution in [3.05, 3.63) is 59.5 Å². The van der Waals surface area contributed by atoms with Crippen LogP contribution < -0.4 is 5.32 Å². The molecule has 1 heterocycles. The van der Waals surface area contributed by atoms with Crippen molar-refractivity contribution in [1.82, 2.24) is 9.88 Å². The first-order chi connectivity index (χ1) is 13.2. The maximum absolute atomic E-state index is 14.1. The van der Waals surface area contributed by atoms with Gasteiger partial charge in [-0.15, -0.1) is 0 Å². The van der Waals surface area contributed by atoms with Crippen LogP contribution in [0.25, 0.3) is 10.9 Å². The van der Waals surface area contributed by atoms with Gasteiger partial charge >= 0.3 is 6.09 Å². The number of aromatic nitrogens is 1. The lowest BCUT2D eigenvalue weighted by Gasteiger charge is -2.34. The van der Waals surface area contributed by atoms with Crippen molar-refractivity contribution < 1.29 is 13.9 Å². The van der Waals surface area contributed by atoms with Crippen molar-refractivity contribution in [2.24, 2.45) is 0 Å². The van der Waals surface area contributed by atoms with Crippen LogP contribution in [0.2, 0.25) is 0 Å². The largest absolute Gasteiger partial charge is 0.453 e. The van der Waals surface area contributed by atoms with E-state index in [9.17, 15) is 9.18 Å². The van der Waals surface area contributed by atoms with Gasteiger partial charge in [0.1, 0.15) is 5.82 Å². The molecule has 3 rings (SSSR count). The second-order valence-corrected chi connectivity index (χ2v) is 7.91. The van der Waals surface area contributed by atoms with Gasteiger partial charge in [0.05, 0.1) is 19.3 Å². The van der Waals surface area contributed by atoms with Gasteiger partial charge in [0.2, 0.25) is 0 Å². The molecule has 5 nitrogen and oxygen atoms in total. The second-order valence-electron chi connectivity index (χ2n) is 7.91. The fourth-order valence-corrected chi connectivity index (χ4v) is 3.13. The molecule has 0 aliphatic heterocycles. The van der Waals surface area contributed by atoms with Gasteiger partial charge in [-0.3, -0.25) is 4.90 Å². The number of fused-ring (bicyclic) bond motifs is 1. The van der Waals surface area contributed by atoms with E-state index in [1.807, 2.05) is 58.2 Å². The number of rotatable bonds is 4. The van der Waals surface area contributed by atoms with E-state index in [4.69, 9.17) is 4.74 Å². The zero-order valence-electron chi connectivity index (χ0n) is 16.9. The summed E-state index contributed by atoms with van der Waals surface area (Å²) in [6.07, 6.45) is 1.53. The van der Waals surface area contributed by atoms with E-state index in [0.717, 1.165) is 27.7 Å². The molecule has 28 heavy (non-hydrogen) atoms. The fraction of sp³-hybridized carbons (Fsp3) is 0.318. The van der Waals surface area contributed by atoms with Gasteiger partial charge in [-0.1, -0.05) is 12.1 Å². The van der Waals surface area contributed by atoms with E-state index in [-0.39, 0.29) is 17.4 Å². The summed E-state index contributed by atoms with van der Waals surface area (Å²) in [5.41, 5.74) is 3.61. The summed E-state index contributed by atoms with van der Waals surface area (Å²) >= 11 is 0. The molecule has 0 atom stereocenters. The predicted octanol–water partition coefficient (Wildman–Crippen LogP) is 5.73. The summed E-state index contributed by atoms with van der Waals surface area (Å²) in [7, 11) is 1.39. The summed E-state index contributed by atoms with van der Waals surface area (Å²) in [4.78, 5) is 17.1. The number of nitrogens with zero attached hydrogens (tertiary/aromatic N) is 1. The van der Waals surface area contributed by atoms with E-state index in [2.05, 4.69) is 10.3 Å². The summed E-state index contributed by atoms with van der Waals surface area (Å²) in [5.74, 6) is -0.286. The lowest BCUT2D eigenvalue weighted by Crippen LogP contribution is -2.44. The average Bonchev–Trinajstić information content (AvgIpc) is 3.02. The van der Waals surface area contributed by atoms with Crippen LogP contribution in [0.5, 0.6) is 0 Å². The molecule has 0 fully saturated rings. The Morgan fingerprint density at radius 1 is 1.21 bits per heavy atom. The minimum absolute atomic E-state index is 0.286. The lowest BCUT2D eigenvalue weighted by atomic mass is 10.0. The second kappa shape index (κ2) is 7.54. The monoisotopic (exact) mass is 383 g/mol. The van der Waals surface area contributed by atoms with Gasteiger partial charge in [0.25, 0.3) is 0 Å². The highest BCUT2D eigenvalue weighted by molar-refractivity contribution is 5.87. The number of halogens is 1. The first-order valence-electron chi connectivity index (χ1n) is 9.18. The lowest BCUT2D eigenvalue weighted by molar-refractivity contribution is 0.0795. The summed E-state index contributed by atoms with van der Waals surface area (Å²) < 4.78 is 19.0. The molecular weight excluding hydrogens is 357 g/mol. The number of anilines is 2. The number of amides is 1. The van der Waals surface area contributed by atoms with E-state index in [0.29, 0.717) is 12.2 Å². The van der Waals surface area contributed by atoms with Gasteiger partial charge in [-0.05, 0) is 63.1 Å². The highest BCUT2D eigenvalue weighted by atomic mass is 19.1. The summed E-state index contributed by atoms with van der Waals surface area (Å²) in [5, 5.41) is 4.12. The molecule has 0 saturated heterocycles. The Balaban J connectivity index is 1.87. The van der Waals surface area contributed by atoms with Gasteiger partial charge in [-0.2, -0.15) is 0 Å². The van der Waals surface area contributed by atoms with Gasteiger partial charge < -0.3 is 15.0 Å². The summed E-state index contributed by atoms with van der Waals surface area (Å²) in [6, 6.07) is 10.9. The molecule has 148 valence electrons. The molecule has 1 amide bonds. The molecule has 1 aromatic heterocycles. The van der Waals surface area contributed by atoms with Crippen molar-refractivity contribution in [2.45, 2.75) is 39.8 Å². The number of carbonyl (C=O) groups is 1. The Kier molecular flexibility index (Phi) is 5.31. The van der Waals surface area contributed by atoms with Crippen molar-refractivity contribution in [1.29, 1.82) is 0 Å². The van der Waals surface area contributed by atoms with Crippen molar-refractivity contribution in [2.75, 3.05) is 12.4 Å². The van der Waals surface area contributed by atoms with Crippen molar-refractivity contribution >= 4 is 28.4 Å². The molecule has 0 radical (unpaired) electrons. The zero-order chi connectivity index (χ0) is 20.5. The molecule has 6 heteroatoms. The van der Waals surface area contributed by atoms with Gasteiger partial charge in [0.15, 0.2) is 0 Å². The van der Waals surface area contributed by atoms with Crippen LogP contribution in [-0.2, 0) is 11.3 Å². The summed E-state index contributed by atoms with van der Waals surface area (Å²) in [6.45, 7) is 8.19. The molecule has 3 aromatic rings. The Bertz CT molecular complexity index is 1000. The quantitative estimate of drug-likeness (QED) is 0.605. The maximum Gasteiger partial charge on any atom is 0.410 e. The molecule has 0 spiro atoms. The SMILES string of the molecule is COC(=O)N(Cc1c[nH]c2cc(Nc3ccc(C)cc3F)ccc12)C(C)(C)C. The number of nitrogens with one attached hydrogen (secondary N) is 2. The number of hydrogen-bond acceptors (Lipinski definition) is 3. The molecular formula is C22H26FN3O2. The highest BCUT2D eigenvalue weighted by Gasteiger charge is 2.28. The van der Waals surface area contributed by atoms with Crippen LogP contribution >= 0.6 is 0 Å². The van der Waals surface area contributed by atoms with Crippen LogP contribution in [0, 0.1) is 12.7 Å². The molecule has 0 saturated carbocycles. The Labute approximate surface area is 164 Å². The Hall–Kier alpha value is -3.02. The number of benzene rings is 2. The molecule has 0 aliphatic rings. The fourth-order valence-electron chi connectivity index (χ4n) is 3.13. The predicted molar refractivity (Wildman–Crippen MR) is 110 cm³/mol. The first kappa shape index (κ1) is 19.7. The molecule has 2 aromatic carbocycles. The van der Waals surface area contributed by atoms with E-state index in [1.54, 1.807) is 11.0 Å². The third-order valence-corrected chi connectivity index (χ3v) is 4.70. The smallest absolute Gasteiger partial charge is 0.410 e. The zero-order valence-corrected chi connectivity index (χ0v) is 16.9. The van der Waals surface area contributed by atoms with E-state index < -0.39 is 0 Å². The normalized spacial score (nSPS) is 11.5. The van der Waals surface area contributed by atoms with Gasteiger partial charge in [0, 0.05) is 28.3 Å². The number of hydrogen-bond donors (Lipinski definition) is 2. The molecule has 0 bridgehead atoms. The first-order valence-corrected chi connectivity index (χ1v) is 9.18. The van der Waals surface area contributed by atoms with E-state index >= 15 is 0 Å². The maximum atomic E-state index is 14.1. The molecule has 0 unspecified atom stereocenters. The molecule has 2 N–H and O–H groups in total. The third kappa shape index (κ3) is 4.11. The number of ether oxygens (including phenoxy) is 1. The van der Waals surface area contributed by atoms with Gasteiger partial charge in [-0.25, -0.2) is 9.18 Å². The van der Waals surface area contributed by atoms with Crippen molar-refractivity contribution in [3.63, 3.8) is 0 Å². The average molecular weight is 383 g/mol.